The average Bonchev–Trinajstić information content (AvgIpc) is 2.36. The van der Waals surface area contributed by atoms with Crippen molar-refractivity contribution in [2.75, 3.05) is 27.9 Å². The first-order valence-corrected chi connectivity index (χ1v) is 5.39. The van der Waals surface area contributed by atoms with Crippen LogP contribution in [0.1, 0.15) is 12.8 Å². The van der Waals surface area contributed by atoms with Gasteiger partial charge < -0.3 is 14.2 Å². The number of hydrogen-bond donors (Lipinski definition) is 0. The minimum Gasteiger partial charge on any atom is -0.495 e. The maximum atomic E-state index is 5.43. The molecule has 88 valence electrons. The van der Waals surface area contributed by atoms with Gasteiger partial charge in [-0.3, -0.25) is 4.99 Å². The summed E-state index contributed by atoms with van der Waals surface area (Å²) in [7, 11) is 4.83. The van der Waals surface area contributed by atoms with E-state index in [1.165, 1.54) is 5.57 Å². The van der Waals surface area contributed by atoms with Crippen LogP contribution >= 0.6 is 0 Å². The molecule has 0 spiro atoms. The van der Waals surface area contributed by atoms with E-state index in [-0.39, 0.29) is 0 Å². The zero-order valence-corrected chi connectivity index (χ0v) is 9.95. The fourth-order valence-electron chi connectivity index (χ4n) is 2.11. The Balaban J connectivity index is 2.44. The average molecular weight is 223 g/mol. The summed E-state index contributed by atoms with van der Waals surface area (Å²) in [5.41, 5.74) is 2.17. The quantitative estimate of drug-likeness (QED) is 0.683. The lowest BCUT2D eigenvalue weighted by atomic mass is 9.92. The Morgan fingerprint density at radius 2 is 2.00 bits per heavy atom. The Labute approximate surface area is 95.6 Å². The zero-order valence-electron chi connectivity index (χ0n) is 9.95. The van der Waals surface area contributed by atoms with Gasteiger partial charge in [-0.2, -0.15) is 0 Å². The molecule has 0 N–H and O–H groups in total. The molecule has 0 aromatic carbocycles. The van der Waals surface area contributed by atoms with E-state index in [4.69, 9.17) is 14.2 Å². The summed E-state index contributed by atoms with van der Waals surface area (Å²) in [5, 5.41) is 0. The highest BCUT2D eigenvalue weighted by Gasteiger charge is 2.38. The molecule has 0 aromatic rings. The number of fused-ring (bicyclic) bond motifs is 1. The summed E-state index contributed by atoms with van der Waals surface area (Å²) in [5.74, 6) is -0.248. The Hall–Kier alpha value is -1.13. The standard InChI is InChI=1S/C12H17NO3/c1-14-11-7-10-9(5-4-6-13-10)8-12(11,15-2)16-3/h7-8H,4-6H2,1-3H3. The van der Waals surface area contributed by atoms with E-state index in [9.17, 15) is 0 Å². The second-order valence-corrected chi connectivity index (χ2v) is 3.83. The van der Waals surface area contributed by atoms with Crippen molar-refractivity contribution in [3.05, 3.63) is 23.5 Å². The molecular formula is C12H17NO3. The number of methoxy groups -OCH3 is 3. The van der Waals surface area contributed by atoms with Gasteiger partial charge in [0.15, 0.2) is 5.76 Å². The van der Waals surface area contributed by atoms with E-state index in [1.807, 2.05) is 12.2 Å². The van der Waals surface area contributed by atoms with Crippen LogP contribution in [0, 0.1) is 0 Å². The van der Waals surface area contributed by atoms with Crippen LogP contribution in [0.3, 0.4) is 0 Å². The number of aliphatic imine (C=N–C) groups is 1. The summed E-state index contributed by atoms with van der Waals surface area (Å²) in [6, 6.07) is 0. The maximum Gasteiger partial charge on any atom is 0.248 e. The number of nitrogens with zero attached hydrogens (tertiary/aromatic N) is 1. The smallest absolute Gasteiger partial charge is 0.248 e. The van der Waals surface area contributed by atoms with Crippen molar-refractivity contribution in [2.24, 2.45) is 4.99 Å². The predicted octanol–water partition coefficient (Wildman–Crippen LogP) is 1.68. The molecule has 4 heteroatoms. The van der Waals surface area contributed by atoms with Crippen LogP contribution in [-0.2, 0) is 14.2 Å². The molecule has 0 unspecified atom stereocenters. The molecule has 0 amide bonds. The molecule has 1 aliphatic carbocycles. The van der Waals surface area contributed by atoms with Gasteiger partial charge in [0.05, 0.1) is 12.8 Å². The van der Waals surface area contributed by atoms with Gasteiger partial charge in [0, 0.05) is 26.8 Å². The number of rotatable bonds is 3. The Bertz CT molecular complexity index is 364. The summed E-state index contributed by atoms with van der Waals surface area (Å²) in [4.78, 5) is 4.46. The molecule has 0 aromatic heterocycles. The third kappa shape index (κ3) is 1.68. The van der Waals surface area contributed by atoms with Crippen LogP contribution in [0.25, 0.3) is 0 Å². The highest BCUT2D eigenvalue weighted by Crippen LogP contribution is 2.33. The first-order valence-electron chi connectivity index (χ1n) is 5.39. The first kappa shape index (κ1) is 11.4. The summed E-state index contributed by atoms with van der Waals surface area (Å²) >= 11 is 0. The van der Waals surface area contributed by atoms with Crippen molar-refractivity contribution >= 4 is 5.71 Å². The second-order valence-electron chi connectivity index (χ2n) is 3.83. The van der Waals surface area contributed by atoms with Crippen LogP contribution in [-0.4, -0.2) is 39.4 Å². The fraction of sp³-hybridized carbons (Fsp3) is 0.583. The molecule has 2 aliphatic rings. The van der Waals surface area contributed by atoms with E-state index >= 15 is 0 Å². The Kier molecular flexibility index (Phi) is 3.12. The topological polar surface area (TPSA) is 40.0 Å². The van der Waals surface area contributed by atoms with E-state index in [1.54, 1.807) is 21.3 Å². The Morgan fingerprint density at radius 3 is 2.62 bits per heavy atom. The zero-order chi connectivity index (χ0) is 11.6. The molecule has 0 fully saturated rings. The molecule has 0 radical (unpaired) electrons. The van der Waals surface area contributed by atoms with Crippen LogP contribution in [0.15, 0.2) is 28.5 Å². The van der Waals surface area contributed by atoms with Crippen molar-refractivity contribution in [2.45, 2.75) is 18.6 Å². The number of hydrogen-bond acceptors (Lipinski definition) is 4. The molecule has 0 atom stereocenters. The number of allylic oxidation sites excluding steroid dienone is 2. The molecule has 1 heterocycles. The van der Waals surface area contributed by atoms with Gasteiger partial charge in [-0.1, -0.05) is 0 Å². The summed E-state index contributed by atoms with van der Waals surface area (Å²) < 4.78 is 16.2. The number of ether oxygens (including phenoxy) is 3. The first-order chi connectivity index (χ1) is 7.75. The largest absolute Gasteiger partial charge is 0.495 e. The molecule has 2 rings (SSSR count). The predicted molar refractivity (Wildman–Crippen MR) is 61.5 cm³/mol. The monoisotopic (exact) mass is 223 g/mol. The van der Waals surface area contributed by atoms with E-state index in [0.29, 0.717) is 5.76 Å². The van der Waals surface area contributed by atoms with Gasteiger partial charge in [0.25, 0.3) is 0 Å². The van der Waals surface area contributed by atoms with Gasteiger partial charge >= 0.3 is 0 Å². The second kappa shape index (κ2) is 4.39. The van der Waals surface area contributed by atoms with Gasteiger partial charge in [-0.15, -0.1) is 0 Å². The molecule has 0 saturated heterocycles. The third-order valence-corrected chi connectivity index (χ3v) is 3.02. The minimum absolute atomic E-state index is 0.641. The highest BCUT2D eigenvalue weighted by molar-refractivity contribution is 6.10. The summed E-state index contributed by atoms with van der Waals surface area (Å²) in [6.45, 7) is 0.882. The minimum atomic E-state index is -0.888. The van der Waals surface area contributed by atoms with Gasteiger partial charge in [0.1, 0.15) is 0 Å². The van der Waals surface area contributed by atoms with Crippen molar-refractivity contribution in [3.8, 4) is 0 Å². The van der Waals surface area contributed by atoms with Gasteiger partial charge in [-0.25, -0.2) is 0 Å². The van der Waals surface area contributed by atoms with Gasteiger partial charge in [0.2, 0.25) is 5.79 Å². The van der Waals surface area contributed by atoms with Crippen molar-refractivity contribution in [1.29, 1.82) is 0 Å². The molecule has 1 aliphatic heterocycles. The molecular weight excluding hydrogens is 206 g/mol. The third-order valence-electron chi connectivity index (χ3n) is 3.02. The summed E-state index contributed by atoms with van der Waals surface area (Å²) in [6.07, 6.45) is 5.96. The van der Waals surface area contributed by atoms with Crippen LogP contribution in [0.4, 0.5) is 0 Å². The van der Waals surface area contributed by atoms with Crippen LogP contribution in [0.2, 0.25) is 0 Å². The molecule has 4 nitrogen and oxygen atoms in total. The van der Waals surface area contributed by atoms with E-state index in [0.717, 1.165) is 25.1 Å². The molecule has 0 bridgehead atoms. The normalized spacial score (nSPS) is 22.8. The lowest BCUT2D eigenvalue weighted by Gasteiger charge is -2.33. The van der Waals surface area contributed by atoms with Gasteiger partial charge in [-0.05, 0) is 24.5 Å². The maximum absolute atomic E-state index is 5.43. The van der Waals surface area contributed by atoms with Crippen molar-refractivity contribution in [3.63, 3.8) is 0 Å². The molecule has 16 heavy (non-hydrogen) atoms. The van der Waals surface area contributed by atoms with Crippen molar-refractivity contribution < 1.29 is 14.2 Å². The van der Waals surface area contributed by atoms with Crippen molar-refractivity contribution in [1.82, 2.24) is 0 Å². The lowest BCUT2D eigenvalue weighted by molar-refractivity contribution is -0.166. The van der Waals surface area contributed by atoms with Crippen LogP contribution < -0.4 is 0 Å². The fourth-order valence-corrected chi connectivity index (χ4v) is 2.11. The lowest BCUT2D eigenvalue weighted by Crippen LogP contribution is -2.38. The van der Waals surface area contributed by atoms with E-state index in [2.05, 4.69) is 4.99 Å². The highest BCUT2D eigenvalue weighted by atomic mass is 16.7. The molecule has 0 saturated carbocycles. The van der Waals surface area contributed by atoms with E-state index < -0.39 is 5.79 Å². The Morgan fingerprint density at radius 1 is 1.25 bits per heavy atom. The SMILES string of the molecule is COC1=CC2=NCCCC2=CC1(OC)OC. The van der Waals surface area contributed by atoms with Crippen LogP contribution in [0.5, 0.6) is 0 Å².